The van der Waals surface area contributed by atoms with Crippen LogP contribution in [0.2, 0.25) is 0 Å². The Balaban J connectivity index is 4.08. The third kappa shape index (κ3) is 4.81. The van der Waals surface area contributed by atoms with Gasteiger partial charge in [0.1, 0.15) is 5.54 Å². The van der Waals surface area contributed by atoms with Gasteiger partial charge in [-0.15, -0.1) is 0 Å². The van der Waals surface area contributed by atoms with E-state index in [1.807, 2.05) is 0 Å². The molecule has 0 aliphatic heterocycles. The predicted molar refractivity (Wildman–Crippen MR) is 58.6 cm³/mol. The van der Waals surface area contributed by atoms with Gasteiger partial charge in [-0.3, -0.25) is 4.79 Å². The van der Waals surface area contributed by atoms with Crippen LogP contribution in [0.3, 0.4) is 0 Å². The Morgan fingerprint density at radius 3 is 2.27 bits per heavy atom. The molecule has 1 unspecified atom stereocenters. The van der Waals surface area contributed by atoms with E-state index in [0.717, 1.165) is 19.3 Å². The average Bonchev–Trinajstić information content (AvgIpc) is 2.17. The van der Waals surface area contributed by atoms with Crippen molar-refractivity contribution in [3.8, 4) is 0 Å². The molecule has 2 N–H and O–H groups in total. The highest BCUT2D eigenvalue weighted by atomic mass is 16.4. The van der Waals surface area contributed by atoms with Crippen LogP contribution in [0.25, 0.3) is 0 Å². The number of hydrogen-bond donors (Lipinski definition) is 2. The molecule has 0 fully saturated rings. The van der Waals surface area contributed by atoms with Crippen LogP contribution in [0.1, 0.15) is 52.9 Å². The van der Waals surface area contributed by atoms with E-state index in [9.17, 15) is 9.59 Å². The molecule has 0 aromatic rings. The molecule has 0 saturated carbocycles. The van der Waals surface area contributed by atoms with Crippen molar-refractivity contribution in [3.63, 3.8) is 0 Å². The lowest BCUT2D eigenvalue weighted by atomic mass is 9.99. The highest BCUT2D eigenvalue weighted by Crippen LogP contribution is 2.10. The van der Waals surface area contributed by atoms with Crippen LogP contribution in [0, 0.1) is 0 Å². The van der Waals surface area contributed by atoms with Crippen molar-refractivity contribution in [1.29, 1.82) is 0 Å². The van der Waals surface area contributed by atoms with Crippen molar-refractivity contribution in [2.24, 2.45) is 0 Å². The van der Waals surface area contributed by atoms with Crippen molar-refractivity contribution >= 4 is 11.9 Å². The molecule has 0 aromatic carbocycles. The van der Waals surface area contributed by atoms with Crippen LogP contribution in [-0.2, 0) is 9.59 Å². The van der Waals surface area contributed by atoms with E-state index in [4.69, 9.17) is 5.11 Å². The first-order valence-electron chi connectivity index (χ1n) is 5.50. The number of aliphatic carboxylic acids is 1. The molecule has 0 spiro atoms. The summed E-state index contributed by atoms with van der Waals surface area (Å²) >= 11 is 0. The number of rotatable bonds is 7. The molecule has 0 radical (unpaired) electrons. The lowest BCUT2D eigenvalue weighted by Gasteiger charge is -2.24. The molecular formula is C11H21NO3. The van der Waals surface area contributed by atoms with Crippen LogP contribution in [0.4, 0.5) is 0 Å². The van der Waals surface area contributed by atoms with E-state index in [1.54, 1.807) is 6.92 Å². The number of amides is 1. The van der Waals surface area contributed by atoms with Crippen molar-refractivity contribution < 1.29 is 14.7 Å². The van der Waals surface area contributed by atoms with Crippen LogP contribution in [0.15, 0.2) is 0 Å². The fourth-order valence-corrected chi connectivity index (χ4v) is 1.20. The van der Waals surface area contributed by atoms with Gasteiger partial charge >= 0.3 is 5.97 Å². The molecule has 0 aliphatic carbocycles. The Bertz CT molecular complexity index is 228. The molecule has 0 saturated heterocycles. The molecule has 1 amide bonds. The summed E-state index contributed by atoms with van der Waals surface area (Å²) in [5.74, 6) is -1.15. The Hall–Kier alpha value is -1.06. The van der Waals surface area contributed by atoms with E-state index in [-0.39, 0.29) is 5.91 Å². The van der Waals surface area contributed by atoms with Gasteiger partial charge < -0.3 is 10.4 Å². The largest absolute Gasteiger partial charge is 0.480 e. The third-order valence-corrected chi connectivity index (χ3v) is 2.60. The maximum absolute atomic E-state index is 11.4. The first kappa shape index (κ1) is 13.9. The summed E-state index contributed by atoms with van der Waals surface area (Å²) in [5.41, 5.74) is -1.12. The minimum atomic E-state index is -1.12. The topological polar surface area (TPSA) is 66.4 Å². The van der Waals surface area contributed by atoms with Crippen molar-refractivity contribution in [3.05, 3.63) is 0 Å². The molecule has 0 aromatic heterocycles. The van der Waals surface area contributed by atoms with E-state index in [0.29, 0.717) is 12.8 Å². The first-order chi connectivity index (χ1) is 6.96. The summed E-state index contributed by atoms with van der Waals surface area (Å²) in [6, 6.07) is 0. The van der Waals surface area contributed by atoms with E-state index < -0.39 is 11.5 Å². The summed E-state index contributed by atoms with van der Waals surface area (Å²) in [4.78, 5) is 22.3. The van der Waals surface area contributed by atoms with Crippen molar-refractivity contribution in [2.45, 2.75) is 58.4 Å². The van der Waals surface area contributed by atoms with E-state index in [2.05, 4.69) is 12.2 Å². The molecule has 1 atom stereocenters. The molecule has 0 rings (SSSR count). The highest BCUT2D eigenvalue weighted by molar-refractivity contribution is 5.86. The maximum atomic E-state index is 11.4. The number of carboxylic acid groups (broad SMARTS) is 1. The molecule has 4 nitrogen and oxygen atoms in total. The standard InChI is InChI=1S/C11H21NO3/c1-4-6-7-8-9(13)12-11(3,5-2)10(14)15/h4-8H2,1-3H3,(H,12,13)(H,14,15). The molecular weight excluding hydrogens is 194 g/mol. The zero-order valence-electron chi connectivity index (χ0n) is 9.80. The van der Waals surface area contributed by atoms with Gasteiger partial charge in [0.2, 0.25) is 5.91 Å². The summed E-state index contributed by atoms with van der Waals surface area (Å²) in [6.07, 6.45) is 3.68. The zero-order valence-corrected chi connectivity index (χ0v) is 9.80. The highest BCUT2D eigenvalue weighted by Gasteiger charge is 2.32. The van der Waals surface area contributed by atoms with Crippen LogP contribution >= 0.6 is 0 Å². The monoisotopic (exact) mass is 215 g/mol. The van der Waals surface area contributed by atoms with Crippen LogP contribution < -0.4 is 5.32 Å². The number of nitrogens with one attached hydrogen (secondary N) is 1. The number of unbranched alkanes of at least 4 members (excludes halogenated alkanes) is 2. The Kier molecular flexibility index (Phi) is 5.97. The minimum absolute atomic E-state index is 0.171. The number of carbonyl (C=O) groups is 2. The van der Waals surface area contributed by atoms with Gasteiger partial charge in [-0.05, 0) is 19.8 Å². The second-order valence-electron chi connectivity index (χ2n) is 4.00. The summed E-state index contributed by atoms with van der Waals surface area (Å²) in [7, 11) is 0. The van der Waals surface area contributed by atoms with Crippen LogP contribution in [-0.4, -0.2) is 22.5 Å². The number of carbonyl (C=O) groups excluding carboxylic acids is 1. The number of hydrogen-bond acceptors (Lipinski definition) is 2. The quantitative estimate of drug-likeness (QED) is 0.638. The fraction of sp³-hybridized carbons (Fsp3) is 0.818. The minimum Gasteiger partial charge on any atom is -0.480 e. The lowest BCUT2D eigenvalue weighted by Crippen LogP contribution is -2.51. The Labute approximate surface area is 91.1 Å². The molecule has 0 heterocycles. The van der Waals surface area contributed by atoms with Gasteiger partial charge in [0.05, 0.1) is 0 Å². The van der Waals surface area contributed by atoms with Gasteiger partial charge in [0.25, 0.3) is 0 Å². The first-order valence-corrected chi connectivity index (χ1v) is 5.50. The van der Waals surface area contributed by atoms with Gasteiger partial charge in [0, 0.05) is 6.42 Å². The molecule has 0 aliphatic rings. The molecule has 4 heteroatoms. The Morgan fingerprint density at radius 2 is 1.87 bits per heavy atom. The zero-order chi connectivity index (χ0) is 11.9. The second kappa shape index (κ2) is 6.43. The second-order valence-corrected chi connectivity index (χ2v) is 4.00. The molecule has 0 bridgehead atoms. The summed E-state index contributed by atoms with van der Waals surface area (Å²) in [6.45, 7) is 5.35. The van der Waals surface area contributed by atoms with Gasteiger partial charge in [-0.1, -0.05) is 26.7 Å². The van der Waals surface area contributed by atoms with E-state index in [1.165, 1.54) is 6.92 Å². The Morgan fingerprint density at radius 1 is 1.27 bits per heavy atom. The molecule has 88 valence electrons. The van der Waals surface area contributed by atoms with Gasteiger partial charge in [-0.2, -0.15) is 0 Å². The number of carboxylic acids is 1. The predicted octanol–water partition coefficient (Wildman–Crippen LogP) is 1.94. The normalized spacial score (nSPS) is 14.3. The smallest absolute Gasteiger partial charge is 0.329 e. The van der Waals surface area contributed by atoms with Gasteiger partial charge in [0.15, 0.2) is 0 Å². The van der Waals surface area contributed by atoms with E-state index >= 15 is 0 Å². The summed E-state index contributed by atoms with van der Waals surface area (Å²) in [5, 5.41) is 11.5. The van der Waals surface area contributed by atoms with Crippen molar-refractivity contribution in [1.82, 2.24) is 5.32 Å². The van der Waals surface area contributed by atoms with Crippen molar-refractivity contribution in [2.75, 3.05) is 0 Å². The maximum Gasteiger partial charge on any atom is 0.329 e. The molecule has 15 heavy (non-hydrogen) atoms. The summed E-state index contributed by atoms with van der Waals surface area (Å²) < 4.78 is 0. The average molecular weight is 215 g/mol. The van der Waals surface area contributed by atoms with Crippen LogP contribution in [0.5, 0.6) is 0 Å². The van der Waals surface area contributed by atoms with Gasteiger partial charge in [-0.25, -0.2) is 4.79 Å². The lowest BCUT2D eigenvalue weighted by molar-refractivity contribution is -0.147. The third-order valence-electron chi connectivity index (χ3n) is 2.60. The fourth-order valence-electron chi connectivity index (χ4n) is 1.20. The SMILES string of the molecule is CCCCCC(=O)NC(C)(CC)C(=O)O.